The molecular weight excluding hydrogens is 277 g/mol. The molecule has 1 aliphatic heterocycles. The van der Waals surface area contributed by atoms with Crippen molar-refractivity contribution < 1.29 is 28.2 Å². The maximum atomic E-state index is 12.1. The van der Waals surface area contributed by atoms with Crippen molar-refractivity contribution in [3.05, 3.63) is 0 Å². The average Bonchev–Trinajstić information content (AvgIpc) is 2.27. The quantitative estimate of drug-likeness (QED) is 0.759. The van der Waals surface area contributed by atoms with Crippen LogP contribution in [0.15, 0.2) is 0 Å². The van der Waals surface area contributed by atoms with Gasteiger partial charge in [-0.25, -0.2) is 9.36 Å². The summed E-state index contributed by atoms with van der Waals surface area (Å²) < 4.78 is 10.9. The summed E-state index contributed by atoms with van der Waals surface area (Å²) in [6, 6.07) is 0. The molecule has 6 nitrogen and oxygen atoms in total. The molecule has 2 N–H and O–H groups in total. The fourth-order valence-corrected chi connectivity index (χ4v) is 3.94. The van der Waals surface area contributed by atoms with E-state index in [-0.39, 0.29) is 30.4 Å². The zero-order valence-corrected chi connectivity index (χ0v) is 12.1. The molecule has 0 aromatic carbocycles. The molecule has 0 radical (unpaired) electrons. The third-order valence-corrected chi connectivity index (χ3v) is 5.58. The van der Waals surface area contributed by atoms with Crippen LogP contribution in [-0.4, -0.2) is 43.9 Å². The first-order valence-corrected chi connectivity index (χ1v) is 8.44. The summed E-state index contributed by atoms with van der Waals surface area (Å²) in [5.74, 6) is -0.162. The van der Waals surface area contributed by atoms with Crippen LogP contribution in [0.4, 0.5) is 0 Å². The average molecular weight is 296 g/mol. The molecule has 1 rings (SSSR count). The van der Waals surface area contributed by atoms with E-state index in [1.54, 1.807) is 0 Å². The van der Waals surface area contributed by atoms with E-state index in [1.807, 2.05) is 0 Å². The zero-order valence-electron chi connectivity index (χ0n) is 10.4. The number of piperidine rings is 1. The zero-order chi connectivity index (χ0) is 13.8. The van der Waals surface area contributed by atoms with Gasteiger partial charge >= 0.3 is 13.7 Å². The Labute approximate surface area is 111 Å². The Morgan fingerprint density at radius 2 is 1.78 bits per heavy atom. The number of likely N-dealkylation sites (tertiary alicyclic amines) is 1. The Hall–Kier alpha value is -0.200. The molecule has 1 fully saturated rings. The molecule has 0 atom stereocenters. The van der Waals surface area contributed by atoms with Crippen LogP contribution in [0.3, 0.4) is 0 Å². The molecule has 0 aromatic rings. The van der Waals surface area contributed by atoms with Crippen LogP contribution in [0, 0.1) is 0 Å². The van der Waals surface area contributed by atoms with Gasteiger partial charge < -0.3 is 0 Å². The van der Waals surface area contributed by atoms with Gasteiger partial charge in [-0.3, -0.25) is 14.6 Å². The van der Waals surface area contributed by atoms with Crippen LogP contribution in [0.25, 0.3) is 0 Å². The minimum atomic E-state index is -4.50. The van der Waals surface area contributed by atoms with Crippen molar-refractivity contribution in [3.8, 4) is 0 Å². The summed E-state index contributed by atoms with van der Waals surface area (Å²) in [6.07, 6.45) is 2.22. The number of thioether (sulfide) groups is 1. The second kappa shape index (κ2) is 6.30. The smallest absolute Gasteiger partial charge is 0.288 e. The lowest BCUT2D eigenvalue weighted by Gasteiger charge is -2.37. The normalized spacial score (nSPS) is 19.5. The second-order valence-corrected chi connectivity index (χ2v) is 7.49. The molecule has 0 bridgehead atoms. The summed E-state index contributed by atoms with van der Waals surface area (Å²) in [4.78, 5) is 41.8. The number of quaternary nitrogens is 1. The van der Waals surface area contributed by atoms with Gasteiger partial charge in [0.05, 0.1) is 19.5 Å². The Morgan fingerprint density at radius 1 is 1.22 bits per heavy atom. The van der Waals surface area contributed by atoms with E-state index >= 15 is 0 Å². The van der Waals surface area contributed by atoms with Crippen molar-refractivity contribution in [3.63, 3.8) is 0 Å². The number of carbonyl (C=O) groups excluding carboxylic acids is 2. The topological polar surface area (TPSA) is 91.7 Å². The van der Waals surface area contributed by atoms with Gasteiger partial charge in [0.25, 0.3) is 0 Å². The van der Waals surface area contributed by atoms with Crippen LogP contribution in [-0.2, 0) is 14.2 Å². The number of hydrogen-bond donors (Lipinski definition) is 2. The van der Waals surface area contributed by atoms with Gasteiger partial charge in [-0.1, -0.05) is 11.8 Å². The van der Waals surface area contributed by atoms with Crippen LogP contribution in [0.5, 0.6) is 0 Å². The number of nitrogens with zero attached hydrogens (tertiary/aromatic N) is 1. The first-order valence-electron chi connectivity index (χ1n) is 5.89. The van der Waals surface area contributed by atoms with Crippen LogP contribution in [0.1, 0.15) is 32.6 Å². The summed E-state index contributed by atoms with van der Waals surface area (Å²) in [6.45, 7) is 1.81. The highest BCUT2D eigenvalue weighted by atomic mass is 32.2. The van der Waals surface area contributed by atoms with E-state index in [1.165, 1.54) is 6.92 Å². The molecule has 0 unspecified atom stereocenters. The van der Waals surface area contributed by atoms with Crippen molar-refractivity contribution in [2.24, 2.45) is 0 Å². The maximum Gasteiger partial charge on any atom is 0.533 e. The lowest BCUT2D eigenvalue weighted by atomic mass is 10.1. The van der Waals surface area contributed by atoms with Gasteiger partial charge in [0, 0.05) is 12.7 Å². The number of hydrogen-bond acceptors (Lipinski definition) is 4. The lowest BCUT2D eigenvalue weighted by molar-refractivity contribution is -0.753. The third-order valence-electron chi connectivity index (χ3n) is 3.14. The van der Waals surface area contributed by atoms with E-state index in [9.17, 15) is 23.9 Å². The molecule has 0 aromatic heterocycles. The molecule has 1 saturated heterocycles. The molecule has 1 amide bonds. The standard InChI is InChI=1S/C10H18NO5PS/c1-9(12)18-8-5-10(13)11(17(14,15)16)6-3-2-4-7-11/h2-8H2,1H3,(H-,14,15,16)/p+1. The number of carbonyl (C=O) groups is 2. The molecule has 0 spiro atoms. The SMILES string of the molecule is CC(=O)SCCC(=O)[N+]1(P(=O)(O)O)CCCCC1. The summed E-state index contributed by atoms with van der Waals surface area (Å²) in [7, 11) is -4.50. The highest BCUT2D eigenvalue weighted by molar-refractivity contribution is 8.13. The van der Waals surface area contributed by atoms with E-state index < -0.39 is 17.9 Å². The number of amides is 1. The molecular formula is C10H19NO5PS+. The fourth-order valence-electron chi connectivity index (χ4n) is 2.18. The first-order chi connectivity index (χ1) is 8.29. The molecule has 18 heavy (non-hydrogen) atoms. The van der Waals surface area contributed by atoms with E-state index in [4.69, 9.17) is 0 Å². The van der Waals surface area contributed by atoms with Crippen molar-refractivity contribution in [1.29, 1.82) is 0 Å². The van der Waals surface area contributed by atoms with Gasteiger partial charge in [-0.15, -0.1) is 0 Å². The van der Waals surface area contributed by atoms with Crippen LogP contribution in [0.2, 0.25) is 0 Å². The van der Waals surface area contributed by atoms with Crippen LogP contribution >= 0.6 is 19.5 Å². The van der Waals surface area contributed by atoms with Crippen molar-refractivity contribution >= 4 is 30.5 Å². The first kappa shape index (κ1) is 15.9. The highest BCUT2D eigenvalue weighted by Gasteiger charge is 2.52. The molecule has 1 heterocycles. The van der Waals surface area contributed by atoms with Crippen molar-refractivity contribution in [2.45, 2.75) is 32.6 Å². The monoisotopic (exact) mass is 296 g/mol. The van der Waals surface area contributed by atoms with Crippen molar-refractivity contribution in [1.82, 2.24) is 0 Å². The predicted octanol–water partition coefficient (Wildman–Crippen LogP) is 1.28. The summed E-state index contributed by atoms with van der Waals surface area (Å²) in [5, 5.41) is -0.0934. The van der Waals surface area contributed by atoms with Gasteiger partial charge in [0.1, 0.15) is 0 Å². The third kappa shape index (κ3) is 3.65. The molecule has 0 aliphatic carbocycles. The van der Waals surface area contributed by atoms with Gasteiger partial charge in [0.2, 0.25) is 0 Å². The van der Waals surface area contributed by atoms with E-state index in [0.29, 0.717) is 12.8 Å². The minimum Gasteiger partial charge on any atom is -0.288 e. The second-order valence-electron chi connectivity index (χ2n) is 4.43. The van der Waals surface area contributed by atoms with Gasteiger partial charge in [-0.05, 0) is 19.3 Å². The van der Waals surface area contributed by atoms with E-state index in [0.717, 1.165) is 18.2 Å². The number of rotatable bonds is 4. The van der Waals surface area contributed by atoms with E-state index in [2.05, 4.69) is 0 Å². The molecule has 1 aliphatic rings. The Balaban J connectivity index is 2.74. The van der Waals surface area contributed by atoms with Crippen LogP contribution < -0.4 is 0 Å². The fraction of sp³-hybridized carbons (Fsp3) is 0.800. The van der Waals surface area contributed by atoms with Gasteiger partial charge in [0.15, 0.2) is 5.12 Å². The Bertz CT molecular complexity index is 374. The Kier molecular flexibility index (Phi) is 5.55. The van der Waals surface area contributed by atoms with Gasteiger partial charge in [-0.2, -0.15) is 4.25 Å². The summed E-state index contributed by atoms with van der Waals surface area (Å²) >= 11 is 1.01. The molecule has 0 saturated carbocycles. The minimum absolute atomic E-state index is 0.0232. The Morgan fingerprint density at radius 3 is 2.22 bits per heavy atom. The summed E-state index contributed by atoms with van der Waals surface area (Å²) in [5.41, 5.74) is 0. The maximum absolute atomic E-state index is 12.1. The molecule has 104 valence electrons. The van der Waals surface area contributed by atoms with Crippen molar-refractivity contribution in [2.75, 3.05) is 18.8 Å². The highest BCUT2D eigenvalue weighted by Crippen LogP contribution is 2.51. The molecule has 8 heteroatoms. The largest absolute Gasteiger partial charge is 0.533 e. The lowest BCUT2D eigenvalue weighted by Crippen LogP contribution is -2.52. The predicted molar refractivity (Wildman–Crippen MR) is 68.7 cm³/mol.